The number of halogens is 1. The highest BCUT2D eigenvalue weighted by atomic mass is 79.9. The van der Waals surface area contributed by atoms with Gasteiger partial charge in [-0.05, 0) is 36.6 Å². The average molecular weight is 299 g/mol. The Kier molecular flexibility index (Phi) is 4.18. The van der Waals surface area contributed by atoms with Crippen molar-refractivity contribution in [1.82, 2.24) is 0 Å². The lowest BCUT2D eigenvalue weighted by molar-refractivity contribution is -0.146. The van der Waals surface area contributed by atoms with Crippen molar-refractivity contribution in [2.75, 3.05) is 13.2 Å². The van der Waals surface area contributed by atoms with Gasteiger partial charge in [0, 0.05) is 4.47 Å². The van der Waals surface area contributed by atoms with Gasteiger partial charge in [0.1, 0.15) is 0 Å². The summed E-state index contributed by atoms with van der Waals surface area (Å²) in [6.45, 7) is 2.89. The zero-order valence-electron chi connectivity index (χ0n) is 9.74. The minimum atomic E-state index is -0.201. The molecule has 1 aliphatic rings. The second kappa shape index (κ2) is 5.65. The van der Waals surface area contributed by atoms with Gasteiger partial charge < -0.3 is 9.47 Å². The quantitative estimate of drug-likeness (QED) is 0.805. The molecule has 0 aliphatic carbocycles. The molecule has 0 saturated carbocycles. The first-order chi connectivity index (χ1) is 8.20. The van der Waals surface area contributed by atoms with Gasteiger partial charge in [0.15, 0.2) is 0 Å². The van der Waals surface area contributed by atoms with Crippen molar-refractivity contribution in [2.45, 2.75) is 25.9 Å². The van der Waals surface area contributed by atoms with Crippen molar-refractivity contribution < 1.29 is 14.3 Å². The van der Waals surface area contributed by atoms with Crippen LogP contribution in [0.3, 0.4) is 0 Å². The summed E-state index contributed by atoms with van der Waals surface area (Å²) in [6, 6.07) is 6.09. The van der Waals surface area contributed by atoms with E-state index in [2.05, 4.69) is 22.0 Å². The molecule has 1 aliphatic heterocycles. The summed E-state index contributed by atoms with van der Waals surface area (Å²) >= 11 is 3.45. The van der Waals surface area contributed by atoms with E-state index in [4.69, 9.17) is 9.47 Å². The van der Waals surface area contributed by atoms with Crippen molar-refractivity contribution in [1.29, 1.82) is 0 Å². The molecule has 0 aromatic heterocycles. The Hall–Kier alpha value is -0.870. The van der Waals surface area contributed by atoms with Crippen LogP contribution in [0.25, 0.3) is 0 Å². The van der Waals surface area contributed by atoms with Crippen LogP contribution in [0.2, 0.25) is 0 Å². The number of benzene rings is 1. The Balaban J connectivity index is 2.14. The first-order valence-corrected chi connectivity index (χ1v) is 6.55. The van der Waals surface area contributed by atoms with Gasteiger partial charge in [-0.2, -0.15) is 0 Å². The highest BCUT2D eigenvalue weighted by Gasteiger charge is 2.23. The van der Waals surface area contributed by atoms with Crippen LogP contribution in [0, 0.1) is 0 Å². The molecule has 0 spiro atoms. The topological polar surface area (TPSA) is 35.5 Å². The van der Waals surface area contributed by atoms with E-state index in [1.54, 1.807) is 0 Å². The standard InChI is InChI=1S/C13H15BrO3/c1-2-16-13(15)8-12-11-4-3-10(14)7-9(11)5-6-17-12/h3-4,7,12H,2,5-6,8H2,1H3. The summed E-state index contributed by atoms with van der Waals surface area (Å²) in [5.41, 5.74) is 2.35. The van der Waals surface area contributed by atoms with Crippen molar-refractivity contribution >= 4 is 21.9 Å². The van der Waals surface area contributed by atoms with Crippen molar-refractivity contribution in [3.05, 3.63) is 33.8 Å². The first-order valence-electron chi connectivity index (χ1n) is 5.76. The van der Waals surface area contributed by atoms with E-state index in [1.165, 1.54) is 5.56 Å². The average Bonchev–Trinajstić information content (AvgIpc) is 2.29. The SMILES string of the molecule is CCOC(=O)CC1OCCc2cc(Br)ccc21. The van der Waals surface area contributed by atoms with Crippen LogP contribution in [-0.4, -0.2) is 19.2 Å². The fraction of sp³-hybridized carbons (Fsp3) is 0.462. The molecule has 1 aromatic rings. The van der Waals surface area contributed by atoms with E-state index in [0.29, 0.717) is 19.6 Å². The molecule has 1 aromatic carbocycles. The van der Waals surface area contributed by atoms with Gasteiger partial charge in [0.05, 0.1) is 25.7 Å². The molecular formula is C13H15BrO3. The summed E-state index contributed by atoms with van der Waals surface area (Å²) in [6.07, 6.45) is 1.03. The lowest BCUT2D eigenvalue weighted by Crippen LogP contribution is -2.20. The molecule has 0 bridgehead atoms. The molecule has 3 nitrogen and oxygen atoms in total. The molecular weight excluding hydrogens is 284 g/mol. The fourth-order valence-corrected chi connectivity index (χ4v) is 2.45. The molecule has 4 heteroatoms. The Bertz CT molecular complexity index is 417. The monoisotopic (exact) mass is 298 g/mol. The number of fused-ring (bicyclic) bond motifs is 1. The van der Waals surface area contributed by atoms with Gasteiger partial charge in [-0.3, -0.25) is 4.79 Å². The Morgan fingerprint density at radius 2 is 2.41 bits per heavy atom. The zero-order chi connectivity index (χ0) is 12.3. The molecule has 17 heavy (non-hydrogen) atoms. The highest BCUT2D eigenvalue weighted by molar-refractivity contribution is 9.10. The number of carbonyl (C=O) groups excluding carboxylic acids is 1. The summed E-state index contributed by atoms with van der Waals surface area (Å²) in [5, 5.41) is 0. The van der Waals surface area contributed by atoms with Gasteiger partial charge >= 0.3 is 5.97 Å². The van der Waals surface area contributed by atoms with E-state index < -0.39 is 0 Å². The maximum atomic E-state index is 11.5. The third kappa shape index (κ3) is 3.07. The van der Waals surface area contributed by atoms with E-state index in [0.717, 1.165) is 16.5 Å². The Morgan fingerprint density at radius 1 is 1.59 bits per heavy atom. The summed E-state index contributed by atoms with van der Waals surface area (Å²) in [4.78, 5) is 11.5. The molecule has 1 unspecified atom stereocenters. The minimum Gasteiger partial charge on any atom is -0.466 e. The molecule has 92 valence electrons. The van der Waals surface area contributed by atoms with Gasteiger partial charge in [-0.25, -0.2) is 0 Å². The smallest absolute Gasteiger partial charge is 0.308 e. The van der Waals surface area contributed by atoms with Crippen LogP contribution in [0.1, 0.15) is 30.6 Å². The Morgan fingerprint density at radius 3 is 3.18 bits per heavy atom. The second-order valence-corrected chi connectivity index (χ2v) is 4.88. The molecule has 0 radical (unpaired) electrons. The van der Waals surface area contributed by atoms with Crippen molar-refractivity contribution in [3.8, 4) is 0 Å². The third-order valence-corrected chi connectivity index (χ3v) is 3.29. The predicted octanol–water partition coefficient (Wildman–Crippen LogP) is 3.02. The molecule has 1 heterocycles. The van der Waals surface area contributed by atoms with Crippen LogP contribution < -0.4 is 0 Å². The summed E-state index contributed by atoms with van der Waals surface area (Å²) in [5.74, 6) is -0.201. The normalized spacial score (nSPS) is 18.6. The molecule has 0 saturated heterocycles. The van der Waals surface area contributed by atoms with Crippen LogP contribution >= 0.6 is 15.9 Å². The fourth-order valence-electron chi connectivity index (χ4n) is 2.05. The van der Waals surface area contributed by atoms with Gasteiger partial charge in [0.2, 0.25) is 0 Å². The maximum Gasteiger partial charge on any atom is 0.308 e. The summed E-state index contributed by atoms with van der Waals surface area (Å²) in [7, 11) is 0. The highest BCUT2D eigenvalue weighted by Crippen LogP contribution is 2.31. The summed E-state index contributed by atoms with van der Waals surface area (Å²) < 4.78 is 11.7. The number of hydrogen-bond acceptors (Lipinski definition) is 3. The van der Waals surface area contributed by atoms with Gasteiger partial charge in [-0.15, -0.1) is 0 Å². The van der Waals surface area contributed by atoms with Gasteiger partial charge in [-0.1, -0.05) is 22.0 Å². The van der Waals surface area contributed by atoms with Crippen LogP contribution in [0.15, 0.2) is 22.7 Å². The Labute approximate surface area is 109 Å². The number of rotatable bonds is 3. The molecule has 0 amide bonds. The van der Waals surface area contributed by atoms with Crippen LogP contribution in [0.4, 0.5) is 0 Å². The zero-order valence-corrected chi connectivity index (χ0v) is 11.3. The minimum absolute atomic E-state index is 0.161. The molecule has 1 atom stereocenters. The van der Waals surface area contributed by atoms with Gasteiger partial charge in [0.25, 0.3) is 0 Å². The lowest BCUT2D eigenvalue weighted by atomic mass is 9.96. The second-order valence-electron chi connectivity index (χ2n) is 3.96. The van der Waals surface area contributed by atoms with Crippen molar-refractivity contribution in [2.24, 2.45) is 0 Å². The largest absolute Gasteiger partial charge is 0.466 e. The first kappa shape index (κ1) is 12.6. The lowest BCUT2D eigenvalue weighted by Gasteiger charge is -2.25. The van der Waals surface area contributed by atoms with Crippen LogP contribution in [0.5, 0.6) is 0 Å². The van der Waals surface area contributed by atoms with E-state index in [1.807, 2.05) is 19.1 Å². The van der Waals surface area contributed by atoms with E-state index in [9.17, 15) is 4.79 Å². The number of esters is 1. The maximum absolute atomic E-state index is 11.5. The molecule has 2 rings (SSSR count). The van der Waals surface area contributed by atoms with E-state index >= 15 is 0 Å². The van der Waals surface area contributed by atoms with Crippen LogP contribution in [-0.2, 0) is 20.7 Å². The molecule has 0 fully saturated rings. The van der Waals surface area contributed by atoms with Crippen molar-refractivity contribution in [3.63, 3.8) is 0 Å². The number of carbonyl (C=O) groups is 1. The van der Waals surface area contributed by atoms with E-state index in [-0.39, 0.29) is 12.1 Å². The number of hydrogen-bond donors (Lipinski definition) is 0. The molecule has 0 N–H and O–H groups in total. The third-order valence-electron chi connectivity index (χ3n) is 2.80. The predicted molar refractivity (Wildman–Crippen MR) is 67.8 cm³/mol. The number of ether oxygens (including phenoxy) is 2.